The highest BCUT2D eigenvalue weighted by atomic mass is 31.2. The summed E-state index contributed by atoms with van der Waals surface area (Å²) in [6.45, 7) is 6.76. The quantitative estimate of drug-likeness (QED) is 0.0212. The summed E-state index contributed by atoms with van der Waals surface area (Å²) < 4.78 is 30.3. The van der Waals surface area contributed by atoms with Crippen LogP contribution in [0.25, 0.3) is 0 Å². The van der Waals surface area contributed by atoms with E-state index >= 15 is 0 Å². The van der Waals surface area contributed by atoms with Gasteiger partial charge in [0, 0.05) is 12.8 Å². The van der Waals surface area contributed by atoms with Crippen LogP contribution >= 0.6 is 7.82 Å². The monoisotopic (exact) mass is 1010 g/mol. The molecule has 0 aliphatic rings. The zero-order valence-electron chi connectivity index (χ0n) is 47.0. The van der Waals surface area contributed by atoms with Crippen molar-refractivity contribution in [1.82, 2.24) is 5.32 Å². The summed E-state index contributed by atoms with van der Waals surface area (Å²) in [5, 5.41) is 3.03. The molecule has 0 spiro atoms. The van der Waals surface area contributed by atoms with E-state index in [2.05, 4.69) is 50.4 Å². The van der Waals surface area contributed by atoms with Crippen LogP contribution in [0, 0.1) is 0 Å². The number of ether oxygens (including phenoxy) is 1. The number of carbonyl (C=O) groups is 2. The molecule has 0 aromatic carbocycles. The highest BCUT2D eigenvalue weighted by Crippen LogP contribution is 2.38. The normalized spacial score (nSPS) is 14.0. The zero-order valence-corrected chi connectivity index (χ0v) is 47.9. The van der Waals surface area contributed by atoms with Gasteiger partial charge >= 0.3 is 5.97 Å². The number of hydrogen-bond donors (Lipinski definition) is 1. The maximum atomic E-state index is 13.5. The zero-order chi connectivity index (χ0) is 51.5. The van der Waals surface area contributed by atoms with E-state index in [1.165, 1.54) is 167 Å². The van der Waals surface area contributed by atoms with E-state index in [9.17, 15) is 19.0 Å². The molecule has 412 valence electrons. The molecule has 9 nitrogen and oxygen atoms in total. The lowest BCUT2D eigenvalue weighted by Gasteiger charge is -2.30. The third kappa shape index (κ3) is 51.1. The number of nitrogens with zero attached hydrogens (tertiary/aromatic N) is 1. The number of quaternary nitrogens is 1. The molecule has 3 atom stereocenters. The summed E-state index contributed by atoms with van der Waals surface area (Å²) in [6, 6.07) is -0.886. The molecule has 0 heterocycles. The first kappa shape index (κ1) is 68.2. The number of rotatable bonds is 54. The van der Waals surface area contributed by atoms with Crippen LogP contribution in [0.4, 0.5) is 0 Å². The number of unbranched alkanes of at least 4 members (excludes halogenated alkanes) is 34. The molecule has 0 radical (unpaired) electrons. The molecule has 0 fully saturated rings. The predicted molar refractivity (Wildman–Crippen MR) is 298 cm³/mol. The first-order chi connectivity index (χ1) is 33.9. The largest absolute Gasteiger partial charge is 0.756 e. The number of phosphoric ester groups is 1. The lowest BCUT2D eigenvalue weighted by atomic mass is 10.0. The number of hydrogen-bond acceptors (Lipinski definition) is 7. The van der Waals surface area contributed by atoms with Gasteiger partial charge in [0.2, 0.25) is 5.91 Å². The average Bonchev–Trinajstić information content (AvgIpc) is 3.32. The second-order valence-electron chi connectivity index (χ2n) is 21.5. The Morgan fingerprint density at radius 2 is 0.914 bits per heavy atom. The van der Waals surface area contributed by atoms with Crippen molar-refractivity contribution >= 4 is 19.7 Å². The molecule has 0 saturated carbocycles. The molecule has 0 saturated heterocycles. The van der Waals surface area contributed by atoms with Gasteiger partial charge in [-0.15, -0.1) is 0 Å². The summed E-state index contributed by atoms with van der Waals surface area (Å²) in [5.41, 5.74) is 0. The maximum absolute atomic E-state index is 13.5. The number of carbonyl (C=O) groups excluding carboxylic acids is 2. The van der Waals surface area contributed by atoms with Crippen LogP contribution in [-0.2, 0) is 27.9 Å². The molecule has 0 aliphatic carbocycles. The third-order valence-electron chi connectivity index (χ3n) is 13.3. The number of nitrogens with one attached hydrogen (secondary N) is 1. The summed E-state index contributed by atoms with van der Waals surface area (Å²) in [7, 11) is 1.19. The number of allylic oxidation sites excluding steroid dienone is 5. The Morgan fingerprint density at radius 3 is 1.36 bits per heavy atom. The average molecular weight is 1010 g/mol. The van der Waals surface area contributed by atoms with Crippen molar-refractivity contribution in [3.8, 4) is 0 Å². The number of esters is 1. The van der Waals surface area contributed by atoms with E-state index in [1.807, 2.05) is 33.3 Å². The van der Waals surface area contributed by atoms with Gasteiger partial charge in [-0.3, -0.25) is 14.2 Å². The number of phosphoric acid groups is 1. The van der Waals surface area contributed by atoms with Crippen molar-refractivity contribution in [2.75, 3.05) is 40.9 Å². The third-order valence-corrected chi connectivity index (χ3v) is 14.3. The molecule has 0 aromatic heterocycles. The summed E-state index contributed by atoms with van der Waals surface area (Å²) in [6.07, 6.45) is 59.6. The Hall–Kier alpha value is -1.77. The topological polar surface area (TPSA) is 114 Å². The highest BCUT2D eigenvalue weighted by Gasteiger charge is 2.27. The van der Waals surface area contributed by atoms with Crippen molar-refractivity contribution < 1.29 is 37.3 Å². The van der Waals surface area contributed by atoms with E-state index in [4.69, 9.17) is 13.8 Å². The summed E-state index contributed by atoms with van der Waals surface area (Å²) in [5.74, 6) is -0.539. The Labute approximate surface area is 434 Å². The van der Waals surface area contributed by atoms with Gasteiger partial charge in [0.25, 0.3) is 7.82 Å². The van der Waals surface area contributed by atoms with Crippen LogP contribution in [0.5, 0.6) is 0 Å². The van der Waals surface area contributed by atoms with Gasteiger partial charge in [0.05, 0.1) is 33.8 Å². The van der Waals surface area contributed by atoms with Crippen molar-refractivity contribution in [2.24, 2.45) is 0 Å². The fourth-order valence-corrected chi connectivity index (χ4v) is 9.46. The molecule has 1 amide bonds. The molecule has 70 heavy (non-hydrogen) atoms. The van der Waals surface area contributed by atoms with Gasteiger partial charge in [0.15, 0.2) is 0 Å². The maximum Gasteiger partial charge on any atom is 0.306 e. The summed E-state index contributed by atoms with van der Waals surface area (Å²) >= 11 is 0. The minimum atomic E-state index is -4.69. The minimum absolute atomic E-state index is 0.0214. The Morgan fingerprint density at radius 1 is 0.514 bits per heavy atom. The minimum Gasteiger partial charge on any atom is -0.756 e. The van der Waals surface area contributed by atoms with Gasteiger partial charge in [0.1, 0.15) is 19.3 Å². The van der Waals surface area contributed by atoms with Crippen molar-refractivity contribution in [3.63, 3.8) is 0 Å². The van der Waals surface area contributed by atoms with Gasteiger partial charge < -0.3 is 28.5 Å². The van der Waals surface area contributed by atoms with Gasteiger partial charge in [-0.1, -0.05) is 250 Å². The number of amides is 1. The van der Waals surface area contributed by atoms with Crippen LogP contribution in [0.2, 0.25) is 0 Å². The smallest absolute Gasteiger partial charge is 0.306 e. The lowest BCUT2D eigenvalue weighted by Crippen LogP contribution is -2.47. The van der Waals surface area contributed by atoms with Crippen molar-refractivity contribution in [2.45, 2.75) is 296 Å². The van der Waals surface area contributed by atoms with E-state index in [-0.39, 0.29) is 31.5 Å². The van der Waals surface area contributed by atoms with Gasteiger partial charge in [-0.25, -0.2) is 0 Å². The van der Waals surface area contributed by atoms with Crippen LogP contribution in [0.15, 0.2) is 36.5 Å². The molecule has 0 aliphatic heterocycles. The van der Waals surface area contributed by atoms with E-state index in [1.54, 1.807) is 0 Å². The predicted octanol–water partition coefficient (Wildman–Crippen LogP) is 17.3. The SMILES string of the molecule is CC/C=C/C/C=C/CCCCCCCCCC(=O)OC(/C=C/CCCCCCCCCCCCC)C(COP(=O)([O-])OCC[N+](C)(C)C)NC(=O)CCCCCCCCCCCCCCCCCCC. The highest BCUT2D eigenvalue weighted by molar-refractivity contribution is 7.45. The molecule has 0 rings (SSSR count). The second kappa shape index (κ2) is 50.7. The fourth-order valence-electron chi connectivity index (χ4n) is 8.74. The van der Waals surface area contributed by atoms with Crippen LogP contribution in [0.3, 0.4) is 0 Å². The molecular formula is C60H115N2O7P. The van der Waals surface area contributed by atoms with E-state index < -0.39 is 20.0 Å². The number of likely N-dealkylation sites (N-methyl/N-ethyl adjacent to an activating group) is 1. The Kier molecular flexibility index (Phi) is 49.5. The molecular weight excluding hydrogens is 892 g/mol. The Bertz CT molecular complexity index is 1300. The first-order valence-electron chi connectivity index (χ1n) is 29.8. The van der Waals surface area contributed by atoms with Crippen LogP contribution < -0.4 is 10.2 Å². The fraction of sp³-hybridized carbons (Fsp3) is 0.867. The van der Waals surface area contributed by atoms with Crippen LogP contribution in [0.1, 0.15) is 284 Å². The van der Waals surface area contributed by atoms with E-state index in [0.717, 1.165) is 83.5 Å². The molecule has 3 unspecified atom stereocenters. The molecule has 0 bridgehead atoms. The Balaban J connectivity index is 5.31. The van der Waals surface area contributed by atoms with Crippen molar-refractivity contribution in [1.29, 1.82) is 0 Å². The first-order valence-corrected chi connectivity index (χ1v) is 31.3. The van der Waals surface area contributed by atoms with Crippen LogP contribution in [-0.4, -0.2) is 69.4 Å². The van der Waals surface area contributed by atoms with E-state index in [0.29, 0.717) is 17.4 Å². The summed E-state index contributed by atoms with van der Waals surface area (Å²) in [4.78, 5) is 39.9. The molecule has 10 heteroatoms. The lowest BCUT2D eigenvalue weighted by molar-refractivity contribution is -0.870. The van der Waals surface area contributed by atoms with Gasteiger partial charge in [-0.2, -0.15) is 0 Å². The second-order valence-corrected chi connectivity index (χ2v) is 22.9. The standard InChI is InChI=1S/C60H115N2O7P/c1-7-10-13-16-19-22-25-28-30-31-32-34-37-40-43-46-49-52-59(63)61-57(56-68-70(65,66)67-55-54-62(4,5)6)58(51-48-45-42-39-36-33-27-24-21-18-15-12-9-3)69-60(64)53-50-47-44-41-38-35-29-26-23-20-17-14-11-8-2/h11,14,20,23,48,51,57-58H,7-10,12-13,15-19,21-22,24-47,49-50,52-56H2,1-6H3,(H-,61,63,65,66)/b14-11+,23-20+,51-48+. The van der Waals surface area contributed by atoms with Gasteiger partial charge in [-0.05, 0) is 57.4 Å². The van der Waals surface area contributed by atoms with Crippen molar-refractivity contribution in [3.05, 3.63) is 36.5 Å². The molecule has 0 aromatic rings. The molecule has 1 N–H and O–H groups in total.